The number of carbonyl (C=O) groups is 1. The van der Waals surface area contributed by atoms with E-state index in [2.05, 4.69) is 19.9 Å². The van der Waals surface area contributed by atoms with Crippen LogP contribution in [0.3, 0.4) is 0 Å². The summed E-state index contributed by atoms with van der Waals surface area (Å²) >= 11 is 0. The molecule has 1 amide bonds. The first kappa shape index (κ1) is 18.3. The molecular weight excluding hydrogens is 381 g/mol. The second-order valence-electron chi connectivity index (χ2n) is 7.33. The van der Waals surface area contributed by atoms with Crippen LogP contribution < -0.4 is 5.32 Å². The molecule has 1 aliphatic rings. The van der Waals surface area contributed by atoms with Gasteiger partial charge >= 0.3 is 0 Å². The molecule has 4 aromatic rings. The number of aromatic nitrogens is 4. The van der Waals surface area contributed by atoms with Crippen LogP contribution in [0.4, 0.5) is 4.39 Å². The van der Waals surface area contributed by atoms with E-state index >= 15 is 0 Å². The highest BCUT2D eigenvalue weighted by atomic mass is 19.1. The molecule has 3 aromatic heterocycles. The molecule has 0 bridgehead atoms. The van der Waals surface area contributed by atoms with Gasteiger partial charge in [-0.2, -0.15) is 0 Å². The van der Waals surface area contributed by atoms with E-state index in [1.54, 1.807) is 30.7 Å². The number of carbonyl (C=O) groups excluding carboxylic acids is 1. The first-order valence-corrected chi connectivity index (χ1v) is 9.79. The molecular formula is C23H20FN5O. The number of nitrogens with one attached hydrogen (secondary N) is 1. The fourth-order valence-electron chi connectivity index (χ4n) is 4.13. The van der Waals surface area contributed by atoms with Crippen LogP contribution in [0.25, 0.3) is 22.4 Å². The average molecular weight is 401 g/mol. The number of hydrogen-bond donors (Lipinski definition) is 1. The minimum atomic E-state index is -0.310. The molecule has 0 radical (unpaired) electrons. The maximum atomic E-state index is 13.6. The Morgan fingerprint density at radius 1 is 1.03 bits per heavy atom. The van der Waals surface area contributed by atoms with Crippen LogP contribution in [-0.4, -0.2) is 31.6 Å². The van der Waals surface area contributed by atoms with Gasteiger partial charge in [-0.05, 0) is 29.8 Å². The molecule has 0 spiro atoms. The van der Waals surface area contributed by atoms with Gasteiger partial charge in [0, 0.05) is 61.6 Å². The molecule has 0 saturated carbocycles. The van der Waals surface area contributed by atoms with Crippen LogP contribution in [0.1, 0.15) is 21.9 Å². The van der Waals surface area contributed by atoms with Crippen molar-refractivity contribution in [2.24, 2.45) is 7.05 Å². The number of pyridine rings is 1. The Hall–Kier alpha value is -3.74. The molecule has 0 atom stereocenters. The van der Waals surface area contributed by atoms with Crippen molar-refractivity contribution < 1.29 is 9.18 Å². The molecule has 1 N–H and O–H groups in total. The molecule has 0 fully saturated rings. The lowest BCUT2D eigenvalue weighted by atomic mass is 9.95. The molecule has 30 heavy (non-hydrogen) atoms. The van der Waals surface area contributed by atoms with Gasteiger partial charge < -0.3 is 14.5 Å². The number of fused-ring (bicyclic) bond motifs is 1. The highest BCUT2D eigenvalue weighted by Crippen LogP contribution is 2.40. The smallest absolute Gasteiger partial charge is 0.253 e. The van der Waals surface area contributed by atoms with Gasteiger partial charge in [0.25, 0.3) is 5.91 Å². The van der Waals surface area contributed by atoms with Crippen molar-refractivity contribution in [3.05, 3.63) is 84.1 Å². The molecule has 0 aliphatic carbocycles. The van der Waals surface area contributed by atoms with E-state index < -0.39 is 0 Å². The fourth-order valence-corrected chi connectivity index (χ4v) is 4.13. The minimum Gasteiger partial charge on any atom is -0.352 e. The number of imidazole rings is 1. The summed E-state index contributed by atoms with van der Waals surface area (Å²) in [4.78, 5) is 21.6. The van der Waals surface area contributed by atoms with Crippen molar-refractivity contribution in [1.29, 1.82) is 0 Å². The number of hydrogen-bond acceptors (Lipinski definition) is 3. The van der Waals surface area contributed by atoms with Crippen molar-refractivity contribution in [3.63, 3.8) is 0 Å². The summed E-state index contributed by atoms with van der Waals surface area (Å²) < 4.78 is 17.8. The van der Waals surface area contributed by atoms with Gasteiger partial charge in [-0.3, -0.25) is 9.78 Å². The van der Waals surface area contributed by atoms with Gasteiger partial charge in [0.15, 0.2) is 0 Å². The Labute approximate surface area is 173 Å². The first-order valence-electron chi connectivity index (χ1n) is 9.79. The van der Waals surface area contributed by atoms with Crippen LogP contribution >= 0.6 is 0 Å². The zero-order chi connectivity index (χ0) is 20.7. The lowest BCUT2D eigenvalue weighted by Gasteiger charge is -2.17. The van der Waals surface area contributed by atoms with Gasteiger partial charge in [-0.25, -0.2) is 9.37 Å². The zero-order valence-electron chi connectivity index (χ0n) is 16.5. The molecule has 6 nitrogen and oxygen atoms in total. The number of nitrogens with zero attached hydrogens (tertiary/aromatic N) is 4. The summed E-state index contributed by atoms with van der Waals surface area (Å²) in [6.45, 7) is 1.10. The second-order valence-corrected chi connectivity index (χ2v) is 7.33. The maximum Gasteiger partial charge on any atom is 0.253 e. The number of aryl methyl sites for hydroxylation is 1. The Bertz CT molecular complexity index is 1220. The Balaban J connectivity index is 1.83. The molecule has 150 valence electrons. The average Bonchev–Trinajstić information content (AvgIpc) is 3.32. The van der Waals surface area contributed by atoms with E-state index in [-0.39, 0.29) is 11.7 Å². The number of amides is 1. The van der Waals surface area contributed by atoms with Crippen molar-refractivity contribution in [2.75, 3.05) is 6.54 Å². The van der Waals surface area contributed by atoms with E-state index in [1.807, 2.05) is 29.9 Å². The third-order valence-electron chi connectivity index (χ3n) is 5.55. The third kappa shape index (κ3) is 2.99. The zero-order valence-corrected chi connectivity index (χ0v) is 16.5. The Morgan fingerprint density at radius 2 is 1.80 bits per heavy atom. The standard InChI is InChI=1S/C23H20FN5O/c1-28-13-12-26-19(28)14-29-18-8-11-27-23(30)21(18)20(15-2-4-17(24)5-3-15)22(29)16-6-9-25-10-7-16/h2-7,9-10,12-13H,8,11,14H2,1H3,(H,27,30). The molecule has 4 heterocycles. The van der Waals surface area contributed by atoms with Crippen molar-refractivity contribution in [3.8, 4) is 22.4 Å². The predicted molar refractivity (Wildman–Crippen MR) is 111 cm³/mol. The Morgan fingerprint density at radius 3 is 2.50 bits per heavy atom. The summed E-state index contributed by atoms with van der Waals surface area (Å²) in [7, 11) is 1.96. The molecule has 0 saturated heterocycles. The van der Waals surface area contributed by atoms with E-state index in [1.165, 1.54) is 12.1 Å². The molecule has 0 unspecified atom stereocenters. The van der Waals surface area contributed by atoms with Crippen molar-refractivity contribution in [2.45, 2.75) is 13.0 Å². The quantitative estimate of drug-likeness (QED) is 0.570. The topological polar surface area (TPSA) is 64.7 Å². The summed E-state index contributed by atoms with van der Waals surface area (Å²) in [5.74, 6) is 0.471. The summed E-state index contributed by atoms with van der Waals surface area (Å²) in [5, 5.41) is 2.96. The van der Waals surface area contributed by atoms with E-state index in [9.17, 15) is 9.18 Å². The normalized spacial score (nSPS) is 13.2. The molecule has 1 aromatic carbocycles. The van der Waals surface area contributed by atoms with Gasteiger partial charge in [-0.15, -0.1) is 0 Å². The van der Waals surface area contributed by atoms with Gasteiger partial charge in [0.2, 0.25) is 0 Å². The number of halogens is 1. The van der Waals surface area contributed by atoms with Gasteiger partial charge in [-0.1, -0.05) is 12.1 Å². The lowest BCUT2D eigenvalue weighted by molar-refractivity contribution is 0.0946. The number of benzene rings is 1. The van der Waals surface area contributed by atoms with E-state index in [0.29, 0.717) is 25.1 Å². The SMILES string of the molecule is Cn1ccnc1Cn1c2c(c(-c3ccc(F)cc3)c1-c1ccncc1)C(=O)NCC2. The highest BCUT2D eigenvalue weighted by molar-refractivity contribution is 6.07. The summed E-state index contributed by atoms with van der Waals surface area (Å²) in [5.41, 5.74) is 5.08. The monoisotopic (exact) mass is 401 g/mol. The maximum absolute atomic E-state index is 13.6. The number of rotatable bonds is 4. The first-order chi connectivity index (χ1) is 14.6. The van der Waals surface area contributed by atoms with Crippen LogP contribution in [0.5, 0.6) is 0 Å². The van der Waals surface area contributed by atoms with Crippen LogP contribution in [0, 0.1) is 5.82 Å². The molecule has 7 heteroatoms. The minimum absolute atomic E-state index is 0.107. The van der Waals surface area contributed by atoms with Crippen LogP contribution in [0.15, 0.2) is 61.2 Å². The summed E-state index contributed by atoms with van der Waals surface area (Å²) in [6, 6.07) is 10.2. The summed E-state index contributed by atoms with van der Waals surface area (Å²) in [6.07, 6.45) is 7.86. The molecule has 5 rings (SSSR count). The van der Waals surface area contributed by atoms with Gasteiger partial charge in [0.05, 0.1) is 17.8 Å². The lowest BCUT2D eigenvalue weighted by Crippen LogP contribution is -2.32. The van der Waals surface area contributed by atoms with Gasteiger partial charge in [0.1, 0.15) is 11.6 Å². The Kier molecular flexibility index (Phi) is 4.43. The largest absolute Gasteiger partial charge is 0.352 e. The fraction of sp³-hybridized carbons (Fsp3) is 0.174. The van der Waals surface area contributed by atoms with E-state index in [0.717, 1.165) is 33.9 Å². The van der Waals surface area contributed by atoms with Crippen molar-refractivity contribution >= 4 is 5.91 Å². The van der Waals surface area contributed by atoms with Crippen LogP contribution in [-0.2, 0) is 20.0 Å². The van der Waals surface area contributed by atoms with Crippen molar-refractivity contribution in [1.82, 2.24) is 24.4 Å². The predicted octanol–water partition coefficient (Wildman–Crippen LogP) is 3.42. The highest BCUT2D eigenvalue weighted by Gasteiger charge is 2.31. The molecule has 1 aliphatic heterocycles. The van der Waals surface area contributed by atoms with Crippen LogP contribution in [0.2, 0.25) is 0 Å². The third-order valence-corrected chi connectivity index (χ3v) is 5.55. The second kappa shape index (κ2) is 7.26. The van der Waals surface area contributed by atoms with E-state index in [4.69, 9.17) is 0 Å².